The largest absolute Gasteiger partial charge is 0.353 e. The minimum atomic E-state index is -4.01. The van der Waals surface area contributed by atoms with E-state index in [2.05, 4.69) is 5.10 Å². The Morgan fingerprint density at radius 3 is 2.42 bits per heavy atom. The van der Waals surface area contributed by atoms with Gasteiger partial charge in [-0.15, -0.1) is 0 Å². The number of hydrogen-bond donors (Lipinski definition) is 0. The molecule has 0 amide bonds. The molecule has 2 aromatic heterocycles. The van der Waals surface area contributed by atoms with Crippen LogP contribution in [0.4, 0.5) is 11.5 Å². The van der Waals surface area contributed by atoms with Gasteiger partial charge in [0.1, 0.15) is 10.8 Å². The molecule has 1 fully saturated rings. The van der Waals surface area contributed by atoms with E-state index in [1.54, 1.807) is 4.52 Å². The minimum absolute atomic E-state index is 0.168. The summed E-state index contributed by atoms with van der Waals surface area (Å²) >= 11 is 6.44. The van der Waals surface area contributed by atoms with E-state index in [0.717, 1.165) is 10.9 Å². The number of para-hydroxylation sites is 2. The summed E-state index contributed by atoms with van der Waals surface area (Å²) in [5, 5.41) is 17.2. The van der Waals surface area contributed by atoms with Crippen molar-refractivity contribution in [2.45, 2.75) is 11.8 Å². The first-order valence-electron chi connectivity index (χ1n) is 10.2. The Morgan fingerprint density at radius 2 is 1.70 bits per heavy atom. The Bertz CT molecular complexity index is 1510. The van der Waals surface area contributed by atoms with Crippen LogP contribution < -0.4 is 4.90 Å². The quantitative estimate of drug-likeness (QED) is 0.321. The molecule has 170 valence electrons. The molecule has 0 bridgehead atoms. The normalized spacial score (nSPS) is 15.4. The van der Waals surface area contributed by atoms with Crippen LogP contribution in [-0.4, -0.2) is 58.4 Å². The first-order chi connectivity index (χ1) is 15.8. The van der Waals surface area contributed by atoms with Crippen molar-refractivity contribution in [1.82, 2.24) is 18.9 Å². The SMILES string of the molecule is Cc1nn2c(nc(N3CCN(S(=O)(=O)c4ccccc4[N+](=O)[O-])CC3)c3ccccc32)c1Cl. The summed E-state index contributed by atoms with van der Waals surface area (Å²) in [6.07, 6.45) is 0. The zero-order chi connectivity index (χ0) is 23.3. The molecule has 33 heavy (non-hydrogen) atoms. The molecule has 0 radical (unpaired) electrons. The van der Waals surface area contributed by atoms with Crippen molar-refractivity contribution in [2.24, 2.45) is 0 Å². The number of piperazine rings is 1. The highest BCUT2D eigenvalue weighted by molar-refractivity contribution is 7.89. The van der Waals surface area contributed by atoms with E-state index in [9.17, 15) is 18.5 Å². The van der Waals surface area contributed by atoms with Gasteiger partial charge >= 0.3 is 0 Å². The third-order valence-electron chi connectivity index (χ3n) is 5.77. The Balaban J connectivity index is 1.49. The van der Waals surface area contributed by atoms with Gasteiger partial charge in [0.15, 0.2) is 10.5 Å². The highest BCUT2D eigenvalue weighted by atomic mass is 35.5. The monoisotopic (exact) mass is 486 g/mol. The Labute approximate surface area is 194 Å². The molecule has 0 atom stereocenters. The van der Waals surface area contributed by atoms with E-state index >= 15 is 0 Å². The fourth-order valence-corrected chi connectivity index (χ4v) is 5.85. The average molecular weight is 487 g/mol. The fraction of sp³-hybridized carbons (Fsp3) is 0.238. The van der Waals surface area contributed by atoms with Crippen molar-refractivity contribution in [3.05, 3.63) is 69.4 Å². The molecule has 0 spiro atoms. The molecular weight excluding hydrogens is 468 g/mol. The molecular formula is C21H19ClN6O4S. The number of aromatic nitrogens is 3. The summed E-state index contributed by atoms with van der Waals surface area (Å²) in [4.78, 5) is 17.1. The lowest BCUT2D eigenvalue weighted by Gasteiger charge is -2.35. The number of fused-ring (bicyclic) bond motifs is 3. The molecule has 3 heterocycles. The van der Waals surface area contributed by atoms with E-state index in [4.69, 9.17) is 16.6 Å². The zero-order valence-corrected chi connectivity index (χ0v) is 19.1. The molecule has 5 rings (SSSR count). The maximum Gasteiger partial charge on any atom is 0.289 e. The third-order valence-corrected chi connectivity index (χ3v) is 8.16. The maximum absolute atomic E-state index is 13.1. The summed E-state index contributed by atoms with van der Waals surface area (Å²) < 4.78 is 29.3. The molecule has 0 unspecified atom stereocenters. The molecule has 1 saturated heterocycles. The van der Waals surface area contributed by atoms with Crippen LogP contribution in [0, 0.1) is 17.0 Å². The summed E-state index contributed by atoms with van der Waals surface area (Å²) in [6, 6.07) is 13.1. The van der Waals surface area contributed by atoms with Gasteiger partial charge in [0.05, 0.1) is 16.1 Å². The van der Waals surface area contributed by atoms with E-state index < -0.39 is 20.6 Å². The summed E-state index contributed by atoms with van der Waals surface area (Å²) in [5.41, 5.74) is 1.64. The molecule has 2 aromatic carbocycles. The third kappa shape index (κ3) is 3.48. The second-order valence-electron chi connectivity index (χ2n) is 7.70. The number of anilines is 1. The topological polar surface area (TPSA) is 114 Å². The predicted molar refractivity (Wildman–Crippen MR) is 124 cm³/mol. The first-order valence-corrected chi connectivity index (χ1v) is 12.0. The van der Waals surface area contributed by atoms with Gasteiger partial charge in [0, 0.05) is 37.6 Å². The Kier molecular flexibility index (Phi) is 5.19. The second-order valence-corrected chi connectivity index (χ2v) is 9.99. The summed E-state index contributed by atoms with van der Waals surface area (Å²) in [5.74, 6) is 0.697. The molecule has 1 aliphatic heterocycles. The van der Waals surface area contributed by atoms with Gasteiger partial charge in [-0.1, -0.05) is 35.9 Å². The van der Waals surface area contributed by atoms with Gasteiger partial charge in [0.2, 0.25) is 10.0 Å². The fourth-order valence-electron chi connectivity index (χ4n) is 4.11. The number of hydrogen-bond acceptors (Lipinski definition) is 7. The van der Waals surface area contributed by atoms with Crippen molar-refractivity contribution < 1.29 is 13.3 Å². The van der Waals surface area contributed by atoms with Crippen molar-refractivity contribution in [1.29, 1.82) is 0 Å². The number of aryl methyl sites for hydroxylation is 1. The van der Waals surface area contributed by atoms with E-state index in [0.29, 0.717) is 35.3 Å². The van der Waals surface area contributed by atoms with Gasteiger partial charge in [-0.3, -0.25) is 10.1 Å². The van der Waals surface area contributed by atoms with Gasteiger partial charge in [0.25, 0.3) is 5.69 Å². The molecule has 1 aliphatic rings. The van der Waals surface area contributed by atoms with Crippen molar-refractivity contribution in [2.75, 3.05) is 31.1 Å². The highest BCUT2D eigenvalue weighted by Gasteiger charge is 2.34. The molecule has 12 heteroatoms. The van der Waals surface area contributed by atoms with Crippen LogP contribution in [0.1, 0.15) is 5.69 Å². The minimum Gasteiger partial charge on any atom is -0.353 e. The molecule has 10 nitrogen and oxygen atoms in total. The van der Waals surface area contributed by atoms with Crippen LogP contribution in [0.25, 0.3) is 16.6 Å². The average Bonchev–Trinajstić information content (AvgIpc) is 3.12. The lowest BCUT2D eigenvalue weighted by atomic mass is 10.2. The van der Waals surface area contributed by atoms with E-state index in [-0.39, 0.29) is 18.0 Å². The standard InChI is InChI=1S/C21H19ClN6O4S/c1-14-19(22)21-23-20(15-6-2-3-7-16(15)27(21)24-14)25-10-12-26(13-11-25)33(31,32)18-9-5-4-8-17(18)28(29)30/h2-9H,10-13H2,1H3. The number of nitrogens with zero attached hydrogens (tertiary/aromatic N) is 6. The predicted octanol–water partition coefficient (Wildman–Crippen LogP) is 3.26. The van der Waals surface area contributed by atoms with Crippen LogP contribution in [0.5, 0.6) is 0 Å². The van der Waals surface area contributed by atoms with Crippen molar-refractivity contribution >= 4 is 49.7 Å². The van der Waals surface area contributed by atoms with E-state index in [1.165, 1.54) is 28.6 Å². The van der Waals surface area contributed by atoms with Gasteiger partial charge in [-0.25, -0.2) is 17.9 Å². The van der Waals surface area contributed by atoms with Crippen molar-refractivity contribution in [3.63, 3.8) is 0 Å². The van der Waals surface area contributed by atoms with Gasteiger partial charge in [-0.2, -0.15) is 9.40 Å². The Morgan fingerprint density at radius 1 is 1.03 bits per heavy atom. The van der Waals surface area contributed by atoms with Crippen LogP contribution in [0.15, 0.2) is 53.4 Å². The number of halogens is 1. The summed E-state index contributed by atoms with van der Waals surface area (Å²) in [7, 11) is -4.01. The van der Waals surface area contributed by atoms with E-state index in [1.807, 2.05) is 36.1 Å². The molecule has 0 N–H and O–H groups in total. The zero-order valence-electron chi connectivity index (χ0n) is 17.5. The van der Waals surface area contributed by atoms with Gasteiger partial charge < -0.3 is 4.90 Å². The van der Waals surface area contributed by atoms with Gasteiger partial charge in [-0.05, 0) is 25.1 Å². The molecule has 4 aromatic rings. The number of rotatable bonds is 4. The molecule has 0 aliphatic carbocycles. The Hall–Kier alpha value is -3.28. The molecule has 0 saturated carbocycles. The van der Waals surface area contributed by atoms with Crippen molar-refractivity contribution in [3.8, 4) is 0 Å². The number of sulfonamides is 1. The maximum atomic E-state index is 13.1. The van der Waals surface area contributed by atoms with Crippen LogP contribution in [0.2, 0.25) is 5.02 Å². The summed E-state index contributed by atoms with van der Waals surface area (Å²) in [6.45, 7) is 2.90. The van der Waals surface area contributed by atoms with Crippen LogP contribution in [-0.2, 0) is 10.0 Å². The smallest absolute Gasteiger partial charge is 0.289 e. The van der Waals surface area contributed by atoms with Crippen LogP contribution in [0.3, 0.4) is 0 Å². The lowest BCUT2D eigenvalue weighted by Crippen LogP contribution is -2.49. The van der Waals surface area contributed by atoms with Crippen LogP contribution >= 0.6 is 11.6 Å². The second kappa shape index (κ2) is 7.94. The number of nitro groups is 1. The number of nitro benzene ring substituents is 1. The highest BCUT2D eigenvalue weighted by Crippen LogP contribution is 2.32. The number of benzene rings is 2. The lowest BCUT2D eigenvalue weighted by molar-refractivity contribution is -0.387. The first kappa shape index (κ1) is 21.6.